The summed E-state index contributed by atoms with van der Waals surface area (Å²) in [6.07, 6.45) is 0. The van der Waals surface area contributed by atoms with Crippen LogP contribution in [0.2, 0.25) is 0 Å². The van der Waals surface area contributed by atoms with Crippen molar-refractivity contribution in [1.29, 1.82) is 0 Å². The summed E-state index contributed by atoms with van der Waals surface area (Å²) < 4.78 is 0. The highest BCUT2D eigenvalue weighted by atomic mass is 32.2. The summed E-state index contributed by atoms with van der Waals surface area (Å²) in [5.41, 5.74) is 4.63. The van der Waals surface area contributed by atoms with Gasteiger partial charge in [-0.25, -0.2) is 0 Å². The Bertz CT molecular complexity index is 998. The number of anilines is 2. The summed E-state index contributed by atoms with van der Waals surface area (Å²) in [7, 11) is 0. The number of hydrogen-bond donors (Lipinski definition) is 2. The summed E-state index contributed by atoms with van der Waals surface area (Å²) in [5, 5.41) is 14.3. The van der Waals surface area contributed by atoms with Crippen molar-refractivity contribution in [2.75, 3.05) is 16.4 Å². The van der Waals surface area contributed by atoms with Gasteiger partial charge in [0.05, 0.1) is 5.75 Å². The van der Waals surface area contributed by atoms with Crippen LogP contribution in [0.5, 0.6) is 0 Å². The van der Waals surface area contributed by atoms with E-state index in [4.69, 9.17) is 0 Å². The van der Waals surface area contributed by atoms with Crippen molar-refractivity contribution in [3.63, 3.8) is 0 Å². The first-order valence-electron chi connectivity index (χ1n) is 9.12. The SMILES string of the molecule is Cc1ccc(C(=O)Nc2ccc(SCC(=O)Nc3cc(C)cc(C)c3)nn2)cc1. The van der Waals surface area contributed by atoms with Crippen LogP contribution in [-0.2, 0) is 4.79 Å². The first kappa shape index (κ1) is 20.5. The van der Waals surface area contributed by atoms with Crippen LogP contribution in [-0.4, -0.2) is 27.8 Å². The van der Waals surface area contributed by atoms with Gasteiger partial charge in [0.2, 0.25) is 5.91 Å². The van der Waals surface area contributed by atoms with E-state index in [1.165, 1.54) is 11.8 Å². The highest BCUT2D eigenvalue weighted by molar-refractivity contribution is 7.99. The lowest BCUT2D eigenvalue weighted by Crippen LogP contribution is -2.15. The number of nitrogens with zero attached hydrogens (tertiary/aromatic N) is 2. The van der Waals surface area contributed by atoms with Crippen molar-refractivity contribution in [2.45, 2.75) is 25.8 Å². The molecule has 0 unspecified atom stereocenters. The molecule has 0 fully saturated rings. The van der Waals surface area contributed by atoms with E-state index in [-0.39, 0.29) is 17.6 Å². The Kier molecular flexibility index (Phi) is 6.61. The highest BCUT2D eigenvalue weighted by Gasteiger charge is 2.09. The minimum Gasteiger partial charge on any atom is -0.325 e. The van der Waals surface area contributed by atoms with E-state index >= 15 is 0 Å². The Labute approximate surface area is 174 Å². The smallest absolute Gasteiger partial charge is 0.256 e. The molecule has 148 valence electrons. The van der Waals surface area contributed by atoms with E-state index in [1.807, 2.05) is 45.0 Å². The summed E-state index contributed by atoms with van der Waals surface area (Å²) in [5.74, 6) is 0.224. The van der Waals surface area contributed by atoms with E-state index in [0.717, 1.165) is 22.4 Å². The molecular formula is C22H22N4O2S. The quantitative estimate of drug-likeness (QED) is 0.593. The van der Waals surface area contributed by atoms with Crippen LogP contribution in [0.3, 0.4) is 0 Å². The Morgan fingerprint density at radius 2 is 1.52 bits per heavy atom. The van der Waals surface area contributed by atoms with Crippen molar-refractivity contribution in [1.82, 2.24) is 10.2 Å². The zero-order valence-corrected chi connectivity index (χ0v) is 17.3. The molecule has 0 atom stereocenters. The number of nitrogens with one attached hydrogen (secondary N) is 2. The Hall–Kier alpha value is -3.19. The minimum absolute atomic E-state index is 0.112. The third-order valence-corrected chi connectivity index (χ3v) is 4.97. The normalized spacial score (nSPS) is 10.4. The van der Waals surface area contributed by atoms with Crippen molar-refractivity contribution >= 4 is 35.1 Å². The Balaban J connectivity index is 1.51. The lowest BCUT2D eigenvalue weighted by molar-refractivity contribution is -0.113. The number of carbonyl (C=O) groups is 2. The number of thioether (sulfide) groups is 1. The van der Waals surface area contributed by atoms with E-state index in [2.05, 4.69) is 26.9 Å². The lowest BCUT2D eigenvalue weighted by atomic mass is 10.1. The summed E-state index contributed by atoms with van der Waals surface area (Å²) in [6.45, 7) is 5.95. The molecule has 1 heterocycles. The Morgan fingerprint density at radius 1 is 0.828 bits per heavy atom. The number of hydrogen-bond acceptors (Lipinski definition) is 5. The average Bonchev–Trinajstić information content (AvgIpc) is 2.67. The lowest BCUT2D eigenvalue weighted by Gasteiger charge is -2.07. The second-order valence-corrected chi connectivity index (χ2v) is 7.79. The van der Waals surface area contributed by atoms with E-state index in [1.54, 1.807) is 24.3 Å². The third kappa shape index (κ3) is 6.15. The molecule has 1 aromatic heterocycles. The fraction of sp³-hybridized carbons (Fsp3) is 0.182. The average molecular weight is 407 g/mol. The van der Waals surface area contributed by atoms with Crippen molar-refractivity contribution < 1.29 is 9.59 Å². The van der Waals surface area contributed by atoms with Crippen LogP contribution in [0.4, 0.5) is 11.5 Å². The summed E-state index contributed by atoms with van der Waals surface area (Å²) >= 11 is 1.28. The zero-order valence-electron chi connectivity index (χ0n) is 16.5. The topological polar surface area (TPSA) is 84.0 Å². The molecule has 6 nitrogen and oxygen atoms in total. The standard InChI is InChI=1S/C22H22N4O2S/c1-14-4-6-17(7-5-14)22(28)24-19-8-9-21(26-25-19)29-13-20(27)23-18-11-15(2)10-16(3)12-18/h4-12H,13H2,1-3H3,(H,23,27)(H,24,25,28). The molecule has 0 bridgehead atoms. The van der Waals surface area contributed by atoms with Gasteiger partial charge in [0.25, 0.3) is 5.91 Å². The molecule has 3 aromatic rings. The first-order valence-corrected chi connectivity index (χ1v) is 10.1. The summed E-state index contributed by atoms with van der Waals surface area (Å²) in [4.78, 5) is 24.4. The van der Waals surface area contributed by atoms with E-state index < -0.39 is 0 Å². The molecule has 0 aliphatic heterocycles. The molecule has 2 aromatic carbocycles. The van der Waals surface area contributed by atoms with Crippen molar-refractivity contribution in [3.8, 4) is 0 Å². The molecule has 7 heteroatoms. The van der Waals surface area contributed by atoms with Crippen LogP contribution in [0.15, 0.2) is 59.6 Å². The van der Waals surface area contributed by atoms with Crippen molar-refractivity contribution in [3.05, 3.63) is 76.9 Å². The number of rotatable bonds is 6. The number of benzene rings is 2. The molecule has 29 heavy (non-hydrogen) atoms. The fourth-order valence-corrected chi connectivity index (χ4v) is 3.35. The molecule has 0 aliphatic carbocycles. The molecule has 2 amide bonds. The molecule has 0 spiro atoms. The predicted octanol–water partition coefficient (Wildman–Crippen LogP) is 4.38. The zero-order chi connectivity index (χ0) is 20.8. The van der Waals surface area contributed by atoms with Crippen LogP contribution in [0.25, 0.3) is 0 Å². The fourth-order valence-electron chi connectivity index (χ4n) is 2.74. The van der Waals surface area contributed by atoms with Gasteiger partial charge in [-0.3, -0.25) is 9.59 Å². The Morgan fingerprint density at radius 3 is 2.14 bits per heavy atom. The minimum atomic E-state index is -0.243. The second-order valence-electron chi connectivity index (χ2n) is 6.79. The summed E-state index contributed by atoms with van der Waals surface area (Å²) in [6, 6.07) is 16.6. The highest BCUT2D eigenvalue weighted by Crippen LogP contribution is 2.18. The first-order chi connectivity index (χ1) is 13.9. The van der Waals surface area contributed by atoms with Crippen LogP contribution < -0.4 is 10.6 Å². The van der Waals surface area contributed by atoms with Gasteiger partial charge >= 0.3 is 0 Å². The van der Waals surface area contributed by atoms with Gasteiger partial charge in [0.15, 0.2) is 5.82 Å². The van der Waals surface area contributed by atoms with Gasteiger partial charge in [-0.1, -0.05) is 35.5 Å². The monoisotopic (exact) mass is 406 g/mol. The van der Waals surface area contributed by atoms with Gasteiger partial charge in [0, 0.05) is 11.3 Å². The number of aryl methyl sites for hydroxylation is 3. The van der Waals surface area contributed by atoms with Crippen LogP contribution in [0, 0.1) is 20.8 Å². The molecule has 3 rings (SSSR count). The van der Waals surface area contributed by atoms with Crippen LogP contribution >= 0.6 is 11.8 Å². The third-order valence-electron chi connectivity index (χ3n) is 4.05. The van der Waals surface area contributed by atoms with Gasteiger partial charge in [-0.15, -0.1) is 10.2 Å². The van der Waals surface area contributed by atoms with Gasteiger partial charge in [-0.2, -0.15) is 0 Å². The van der Waals surface area contributed by atoms with Crippen molar-refractivity contribution in [2.24, 2.45) is 0 Å². The van der Waals surface area contributed by atoms with Gasteiger partial charge < -0.3 is 10.6 Å². The van der Waals surface area contributed by atoms with Crippen LogP contribution in [0.1, 0.15) is 27.0 Å². The molecule has 2 N–H and O–H groups in total. The van der Waals surface area contributed by atoms with E-state index in [0.29, 0.717) is 16.4 Å². The molecule has 0 saturated carbocycles. The van der Waals surface area contributed by atoms with Gasteiger partial charge in [-0.05, 0) is 68.3 Å². The second kappa shape index (κ2) is 9.34. The molecule has 0 radical (unpaired) electrons. The number of aromatic nitrogens is 2. The maximum atomic E-state index is 12.2. The largest absolute Gasteiger partial charge is 0.325 e. The predicted molar refractivity (Wildman–Crippen MR) is 116 cm³/mol. The molecule has 0 aliphatic rings. The van der Waals surface area contributed by atoms with E-state index in [9.17, 15) is 9.59 Å². The molecule has 0 saturated heterocycles. The maximum absolute atomic E-state index is 12.2. The number of carbonyl (C=O) groups excluding carboxylic acids is 2. The van der Waals surface area contributed by atoms with Gasteiger partial charge in [0.1, 0.15) is 5.03 Å². The molecular weight excluding hydrogens is 384 g/mol. The number of amides is 2. The maximum Gasteiger partial charge on any atom is 0.256 e.